The van der Waals surface area contributed by atoms with Crippen LogP contribution >= 0.6 is 0 Å². The molecule has 2 nitrogen and oxygen atoms in total. The molecule has 2 unspecified atom stereocenters. The predicted octanol–water partition coefficient (Wildman–Crippen LogP) is 2.95. The summed E-state index contributed by atoms with van der Waals surface area (Å²) in [4.78, 5) is 0. The second-order valence-corrected chi connectivity index (χ2v) is 6.85. The van der Waals surface area contributed by atoms with Crippen molar-refractivity contribution in [2.24, 2.45) is 11.3 Å². The number of aliphatic hydroxyl groups is 1. The molecule has 2 heteroatoms. The van der Waals surface area contributed by atoms with E-state index in [2.05, 4.69) is 33.0 Å². The van der Waals surface area contributed by atoms with Gasteiger partial charge in [-0.05, 0) is 37.5 Å². The van der Waals surface area contributed by atoms with Gasteiger partial charge in [-0.15, -0.1) is 0 Å². The minimum Gasteiger partial charge on any atom is -0.389 e. The molecule has 0 aromatic heterocycles. The topological polar surface area (TPSA) is 32.3 Å². The van der Waals surface area contributed by atoms with Gasteiger partial charge < -0.3 is 10.4 Å². The average Bonchev–Trinajstić information content (AvgIpc) is 2.13. The summed E-state index contributed by atoms with van der Waals surface area (Å²) in [5.74, 6) is 0.302. The molecule has 2 atom stereocenters. The number of hydrogen-bond donors (Lipinski definition) is 2. The van der Waals surface area contributed by atoms with Gasteiger partial charge in [0.05, 0.1) is 5.60 Å². The van der Waals surface area contributed by atoms with Crippen molar-refractivity contribution in [3.63, 3.8) is 0 Å². The first-order chi connectivity index (χ1) is 7.23. The molecule has 1 rings (SSSR count). The van der Waals surface area contributed by atoms with Gasteiger partial charge in [0.2, 0.25) is 0 Å². The van der Waals surface area contributed by atoms with Gasteiger partial charge >= 0.3 is 0 Å². The van der Waals surface area contributed by atoms with E-state index in [1.165, 1.54) is 25.7 Å². The molecule has 1 saturated carbocycles. The molecule has 0 radical (unpaired) electrons. The summed E-state index contributed by atoms with van der Waals surface area (Å²) in [6, 6.07) is 0.592. The minimum absolute atomic E-state index is 0.302. The number of hydrogen-bond acceptors (Lipinski definition) is 2. The highest BCUT2D eigenvalue weighted by atomic mass is 16.3. The molecular weight excluding hydrogens is 198 g/mol. The molecule has 1 fully saturated rings. The van der Waals surface area contributed by atoms with E-state index in [-0.39, 0.29) is 0 Å². The lowest BCUT2D eigenvalue weighted by Gasteiger charge is -2.38. The summed E-state index contributed by atoms with van der Waals surface area (Å²) in [6.07, 6.45) is 5.15. The molecule has 0 aliphatic heterocycles. The number of nitrogens with one attached hydrogen (secondary N) is 1. The fourth-order valence-electron chi connectivity index (χ4n) is 2.43. The van der Waals surface area contributed by atoms with Gasteiger partial charge in [-0.2, -0.15) is 0 Å². The van der Waals surface area contributed by atoms with E-state index < -0.39 is 5.60 Å². The summed E-state index contributed by atoms with van der Waals surface area (Å²) in [6.45, 7) is 11.5. The van der Waals surface area contributed by atoms with Crippen molar-refractivity contribution < 1.29 is 5.11 Å². The fourth-order valence-corrected chi connectivity index (χ4v) is 2.43. The highest BCUT2D eigenvalue weighted by Crippen LogP contribution is 2.35. The Kier molecular flexibility index (Phi) is 4.42. The molecular formula is C14H29NO. The summed E-state index contributed by atoms with van der Waals surface area (Å²) >= 11 is 0. The third-order valence-electron chi connectivity index (χ3n) is 4.20. The van der Waals surface area contributed by atoms with Crippen molar-refractivity contribution in [2.75, 3.05) is 6.54 Å². The third-order valence-corrected chi connectivity index (χ3v) is 4.20. The Bertz CT molecular complexity index is 221. The van der Waals surface area contributed by atoms with Gasteiger partial charge in [0.1, 0.15) is 0 Å². The maximum atomic E-state index is 10.2. The van der Waals surface area contributed by atoms with E-state index in [1.54, 1.807) is 0 Å². The Morgan fingerprint density at radius 1 is 1.44 bits per heavy atom. The zero-order valence-corrected chi connectivity index (χ0v) is 11.6. The van der Waals surface area contributed by atoms with Crippen LogP contribution in [0.4, 0.5) is 0 Å². The monoisotopic (exact) mass is 227 g/mol. The SMILES string of the molecule is CC(C)C(C)(O)CNC1CCCC(C)(C)C1. The highest BCUT2D eigenvalue weighted by Gasteiger charge is 2.30. The van der Waals surface area contributed by atoms with E-state index in [0.717, 1.165) is 0 Å². The van der Waals surface area contributed by atoms with Crippen LogP contribution in [0.3, 0.4) is 0 Å². The highest BCUT2D eigenvalue weighted by molar-refractivity contribution is 4.86. The molecule has 0 bridgehead atoms. The summed E-state index contributed by atoms with van der Waals surface area (Å²) in [7, 11) is 0. The molecule has 2 N–H and O–H groups in total. The Hall–Kier alpha value is -0.0800. The van der Waals surface area contributed by atoms with Gasteiger partial charge in [0.25, 0.3) is 0 Å². The lowest BCUT2D eigenvalue weighted by molar-refractivity contribution is 0.00868. The molecule has 0 amide bonds. The zero-order valence-electron chi connectivity index (χ0n) is 11.6. The molecule has 0 saturated heterocycles. The molecule has 0 aromatic carbocycles. The Morgan fingerprint density at radius 3 is 2.56 bits per heavy atom. The first kappa shape index (κ1) is 14.0. The normalized spacial score (nSPS) is 29.1. The van der Waals surface area contributed by atoms with Gasteiger partial charge in [-0.1, -0.05) is 34.1 Å². The molecule has 16 heavy (non-hydrogen) atoms. The largest absolute Gasteiger partial charge is 0.389 e. The van der Waals surface area contributed by atoms with Crippen LogP contribution in [-0.4, -0.2) is 23.3 Å². The van der Waals surface area contributed by atoms with Crippen molar-refractivity contribution >= 4 is 0 Å². The van der Waals surface area contributed by atoms with Crippen LogP contribution in [0.15, 0.2) is 0 Å². The summed E-state index contributed by atoms with van der Waals surface area (Å²) in [5, 5.41) is 13.7. The average molecular weight is 227 g/mol. The van der Waals surface area contributed by atoms with E-state index >= 15 is 0 Å². The van der Waals surface area contributed by atoms with E-state index in [1.807, 2.05) is 6.92 Å². The fraction of sp³-hybridized carbons (Fsp3) is 1.00. The predicted molar refractivity (Wildman–Crippen MR) is 69.5 cm³/mol. The minimum atomic E-state index is -0.582. The smallest absolute Gasteiger partial charge is 0.0766 e. The maximum absolute atomic E-state index is 10.2. The van der Waals surface area contributed by atoms with E-state index in [9.17, 15) is 5.11 Å². The summed E-state index contributed by atoms with van der Waals surface area (Å²) in [5.41, 5.74) is -0.110. The van der Waals surface area contributed by atoms with Crippen molar-refractivity contribution in [1.29, 1.82) is 0 Å². The van der Waals surface area contributed by atoms with Crippen LogP contribution in [0.1, 0.15) is 60.3 Å². The molecule has 0 aromatic rings. The lowest BCUT2D eigenvalue weighted by atomic mass is 9.75. The Balaban J connectivity index is 2.38. The van der Waals surface area contributed by atoms with Crippen LogP contribution in [0.2, 0.25) is 0 Å². The zero-order chi connectivity index (χ0) is 12.4. The standard InChI is InChI=1S/C14H29NO/c1-11(2)14(5,16)10-15-12-7-6-8-13(3,4)9-12/h11-12,15-16H,6-10H2,1-5H3. The molecule has 96 valence electrons. The second kappa shape index (κ2) is 5.05. The van der Waals surface area contributed by atoms with E-state index in [4.69, 9.17) is 0 Å². The van der Waals surface area contributed by atoms with Crippen LogP contribution in [0.25, 0.3) is 0 Å². The first-order valence-corrected chi connectivity index (χ1v) is 6.69. The quantitative estimate of drug-likeness (QED) is 0.774. The van der Waals surface area contributed by atoms with Gasteiger partial charge in [-0.3, -0.25) is 0 Å². The van der Waals surface area contributed by atoms with Gasteiger partial charge in [0, 0.05) is 12.6 Å². The second-order valence-electron chi connectivity index (χ2n) is 6.85. The lowest BCUT2D eigenvalue weighted by Crippen LogP contribution is -2.47. The summed E-state index contributed by atoms with van der Waals surface area (Å²) < 4.78 is 0. The van der Waals surface area contributed by atoms with Crippen molar-refractivity contribution in [1.82, 2.24) is 5.32 Å². The molecule has 0 spiro atoms. The van der Waals surface area contributed by atoms with Gasteiger partial charge in [0.15, 0.2) is 0 Å². The first-order valence-electron chi connectivity index (χ1n) is 6.69. The van der Waals surface area contributed by atoms with E-state index in [0.29, 0.717) is 23.9 Å². The molecule has 1 aliphatic carbocycles. The van der Waals surface area contributed by atoms with Gasteiger partial charge in [-0.25, -0.2) is 0 Å². The number of rotatable bonds is 4. The van der Waals surface area contributed by atoms with Crippen molar-refractivity contribution in [2.45, 2.75) is 71.9 Å². The van der Waals surface area contributed by atoms with Crippen LogP contribution in [0.5, 0.6) is 0 Å². The maximum Gasteiger partial charge on any atom is 0.0766 e. The van der Waals surface area contributed by atoms with Crippen LogP contribution < -0.4 is 5.32 Å². The van der Waals surface area contributed by atoms with Crippen molar-refractivity contribution in [3.8, 4) is 0 Å². The Labute approximate surface area is 101 Å². The van der Waals surface area contributed by atoms with Crippen LogP contribution in [0, 0.1) is 11.3 Å². The van der Waals surface area contributed by atoms with Crippen molar-refractivity contribution in [3.05, 3.63) is 0 Å². The molecule has 0 heterocycles. The molecule has 1 aliphatic rings. The van der Waals surface area contributed by atoms with Crippen LogP contribution in [-0.2, 0) is 0 Å². The Morgan fingerprint density at radius 2 is 2.06 bits per heavy atom. The third kappa shape index (κ3) is 4.06.